The van der Waals surface area contributed by atoms with Gasteiger partial charge in [-0.25, -0.2) is 4.57 Å². The molecule has 0 aromatic heterocycles. The van der Waals surface area contributed by atoms with Gasteiger partial charge in [0.15, 0.2) is 6.10 Å². The molecule has 13 nitrogen and oxygen atoms in total. The minimum absolute atomic E-state index is 0.00619. The number of phosphoric ester groups is 1. The van der Waals surface area contributed by atoms with Crippen molar-refractivity contribution >= 4 is 19.8 Å². The second-order valence-corrected chi connectivity index (χ2v) is 18.7. The van der Waals surface area contributed by atoms with Gasteiger partial charge in [-0.2, -0.15) is 0 Å². The first-order valence-electron chi connectivity index (χ1n) is 25.4. The summed E-state index contributed by atoms with van der Waals surface area (Å²) in [5.74, 6) is -1.23. The molecule has 0 spiro atoms. The van der Waals surface area contributed by atoms with E-state index in [0.717, 1.165) is 44.9 Å². The summed E-state index contributed by atoms with van der Waals surface area (Å²) in [6, 6.07) is 0. The van der Waals surface area contributed by atoms with E-state index in [2.05, 4.69) is 74.6 Å². The van der Waals surface area contributed by atoms with Crippen LogP contribution in [0.15, 0.2) is 85.1 Å². The van der Waals surface area contributed by atoms with Crippen LogP contribution in [0.1, 0.15) is 181 Å². The zero-order valence-corrected chi connectivity index (χ0v) is 41.8. The summed E-state index contributed by atoms with van der Waals surface area (Å²) in [6.07, 6.45) is 42.2. The lowest BCUT2D eigenvalue weighted by molar-refractivity contribution is -0.220. The number of esters is 2. The molecule has 0 aromatic rings. The van der Waals surface area contributed by atoms with Crippen molar-refractivity contribution in [2.45, 2.75) is 224 Å². The summed E-state index contributed by atoms with van der Waals surface area (Å²) < 4.78 is 33.5. The molecule has 0 aromatic carbocycles. The number of carbonyl (C=O) groups excluding carboxylic acids is 2. The van der Waals surface area contributed by atoms with E-state index >= 15 is 0 Å². The molecule has 384 valence electrons. The molecule has 0 radical (unpaired) electrons. The third kappa shape index (κ3) is 34.1. The molecule has 6 unspecified atom stereocenters. The van der Waals surface area contributed by atoms with E-state index in [-0.39, 0.29) is 12.8 Å². The van der Waals surface area contributed by atoms with Crippen LogP contribution in [0.4, 0.5) is 0 Å². The smallest absolute Gasteiger partial charge is 0.462 e. The number of unbranched alkanes of at least 4 members (excludes halogenated alkanes) is 15. The molecule has 14 heteroatoms. The molecule has 6 N–H and O–H groups in total. The summed E-state index contributed by atoms with van der Waals surface area (Å²) in [5, 5.41) is 50.2. The van der Waals surface area contributed by atoms with E-state index in [1.807, 2.05) is 24.3 Å². The summed E-state index contributed by atoms with van der Waals surface area (Å²) in [6.45, 7) is 3.21. The summed E-state index contributed by atoms with van der Waals surface area (Å²) in [5.41, 5.74) is 0. The molecule has 0 bridgehead atoms. The van der Waals surface area contributed by atoms with Crippen molar-refractivity contribution in [3.63, 3.8) is 0 Å². The molecule has 1 aliphatic rings. The molecule has 0 aliphatic heterocycles. The van der Waals surface area contributed by atoms with Gasteiger partial charge in [0, 0.05) is 12.8 Å². The highest BCUT2D eigenvalue weighted by molar-refractivity contribution is 7.47. The number of carbonyl (C=O) groups is 2. The van der Waals surface area contributed by atoms with Crippen LogP contribution in [-0.2, 0) is 32.7 Å². The van der Waals surface area contributed by atoms with E-state index in [1.54, 1.807) is 0 Å². The lowest BCUT2D eigenvalue weighted by Crippen LogP contribution is -2.64. The van der Waals surface area contributed by atoms with Gasteiger partial charge in [0.2, 0.25) is 0 Å². The van der Waals surface area contributed by atoms with Crippen molar-refractivity contribution in [2.75, 3.05) is 13.2 Å². The third-order valence-corrected chi connectivity index (χ3v) is 12.2. The van der Waals surface area contributed by atoms with E-state index in [9.17, 15) is 44.6 Å². The topological polar surface area (TPSA) is 210 Å². The number of allylic oxidation sites excluding steroid dienone is 14. The number of hydrogen-bond acceptors (Lipinski definition) is 12. The quantitative estimate of drug-likeness (QED) is 0.0146. The molecule has 1 fully saturated rings. The van der Waals surface area contributed by atoms with Gasteiger partial charge >= 0.3 is 19.8 Å². The van der Waals surface area contributed by atoms with Gasteiger partial charge in [0.25, 0.3) is 0 Å². The summed E-state index contributed by atoms with van der Waals surface area (Å²) >= 11 is 0. The van der Waals surface area contributed by atoms with Crippen LogP contribution >= 0.6 is 7.82 Å². The Kier molecular flexibility index (Phi) is 38.9. The van der Waals surface area contributed by atoms with Gasteiger partial charge in [-0.15, -0.1) is 0 Å². The van der Waals surface area contributed by atoms with E-state index in [0.29, 0.717) is 25.7 Å². The molecule has 0 amide bonds. The van der Waals surface area contributed by atoms with Crippen LogP contribution in [0.25, 0.3) is 0 Å². The molecule has 1 saturated carbocycles. The molecule has 8 atom stereocenters. The average molecular weight is 965 g/mol. The van der Waals surface area contributed by atoms with Crippen LogP contribution in [0.3, 0.4) is 0 Å². The zero-order valence-electron chi connectivity index (χ0n) is 40.9. The number of rotatable bonds is 41. The second-order valence-electron chi connectivity index (χ2n) is 17.3. The maximum Gasteiger partial charge on any atom is 0.472 e. The standard InChI is InChI=1S/C53H89O13P/c1-3-5-7-9-11-13-15-17-19-21-22-23-24-26-28-30-32-34-36-38-40-42-47(55)65-45(44-64-67(61,62)66-53-51(59)49(57)48(56)50(58)52(53)60)43-63-46(54)41-39-37-35-33-31-29-27-25-20-18-16-14-12-10-8-6-4-2/h18-21,23-24,27-30,33-36,45,48-53,56-60H,3-17,22,25-26,31-32,37-44H2,1-2H3,(H,61,62)/b20-18+,21-19+,24-23+,29-27+,30-28+,35-33+,36-34+/t45-,48?,49-,50?,51?,52?,53?/m1/s1. The second kappa shape index (κ2) is 42.0. The van der Waals surface area contributed by atoms with Gasteiger partial charge in [0.05, 0.1) is 6.61 Å². The number of aliphatic hydroxyl groups is 5. The Labute approximate surface area is 403 Å². The molecule has 1 aliphatic carbocycles. The van der Waals surface area contributed by atoms with Crippen molar-refractivity contribution in [2.24, 2.45) is 0 Å². The first-order chi connectivity index (χ1) is 32.4. The van der Waals surface area contributed by atoms with E-state index in [1.165, 1.54) is 83.5 Å². The maximum atomic E-state index is 12.8. The van der Waals surface area contributed by atoms with Gasteiger partial charge in [-0.3, -0.25) is 18.6 Å². The Balaban J connectivity index is 2.50. The predicted octanol–water partition coefficient (Wildman–Crippen LogP) is 10.8. The third-order valence-electron chi connectivity index (χ3n) is 11.2. The Morgan fingerprint density at radius 1 is 0.463 bits per heavy atom. The maximum absolute atomic E-state index is 12.8. The Hall–Kier alpha value is -2.97. The predicted molar refractivity (Wildman–Crippen MR) is 267 cm³/mol. The SMILES string of the molecule is CCCCCCCC/C=C/C/C=C/C/C=C/CCCC(=O)OC[C@H](COP(=O)(O)OC1C(O)C(O)C(O)[C@@H](O)C1O)OC(=O)CCC/C=C/C/C=C/C/C=C/C/C=C/CCCCCCCCC. The van der Waals surface area contributed by atoms with Crippen LogP contribution in [0, 0.1) is 0 Å². The van der Waals surface area contributed by atoms with Crippen LogP contribution in [0.5, 0.6) is 0 Å². The number of ether oxygens (including phenoxy) is 2. The van der Waals surface area contributed by atoms with Crippen molar-refractivity contribution in [3.05, 3.63) is 85.1 Å². The van der Waals surface area contributed by atoms with Gasteiger partial charge < -0.3 is 39.9 Å². The molecular formula is C53H89O13P. The molecule has 0 heterocycles. The minimum atomic E-state index is -5.15. The molecular weight excluding hydrogens is 876 g/mol. The van der Waals surface area contributed by atoms with Crippen molar-refractivity contribution < 1.29 is 63.1 Å². The monoisotopic (exact) mass is 965 g/mol. The first kappa shape index (κ1) is 62.0. The largest absolute Gasteiger partial charge is 0.472 e. The van der Waals surface area contributed by atoms with E-state index in [4.69, 9.17) is 18.5 Å². The van der Waals surface area contributed by atoms with Crippen LogP contribution in [-0.4, -0.2) is 98.3 Å². The fourth-order valence-electron chi connectivity index (χ4n) is 7.12. The molecule has 0 saturated heterocycles. The highest BCUT2D eigenvalue weighted by Gasteiger charge is 2.51. The van der Waals surface area contributed by atoms with Crippen LogP contribution in [0.2, 0.25) is 0 Å². The zero-order chi connectivity index (χ0) is 49.2. The van der Waals surface area contributed by atoms with Crippen molar-refractivity contribution in [3.8, 4) is 0 Å². The lowest BCUT2D eigenvalue weighted by Gasteiger charge is -2.41. The molecule has 1 rings (SSSR count). The Bertz CT molecular complexity index is 1490. The fraction of sp³-hybridized carbons (Fsp3) is 0.698. The average Bonchev–Trinajstić information content (AvgIpc) is 3.31. The Morgan fingerprint density at radius 3 is 1.22 bits per heavy atom. The van der Waals surface area contributed by atoms with Crippen LogP contribution < -0.4 is 0 Å². The number of aliphatic hydroxyl groups excluding tert-OH is 5. The van der Waals surface area contributed by atoms with Gasteiger partial charge in [-0.05, 0) is 83.5 Å². The highest BCUT2D eigenvalue weighted by Crippen LogP contribution is 2.47. The summed E-state index contributed by atoms with van der Waals surface area (Å²) in [4.78, 5) is 35.8. The normalized spacial score (nSPS) is 21.9. The molecule has 67 heavy (non-hydrogen) atoms. The number of phosphoric acid groups is 1. The van der Waals surface area contributed by atoms with Crippen molar-refractivity contribution in [1.82, 2.24) is 0 Å². The summed E-state index contributed by atoms with van der Waals surface area (Å²) in [7, 11) is -5.15. The van der Waals surface area contributed by atoms with Gasteiger partial charge in [0.1, 0.15) is 43.2 Å². The fourth-order valence-corrected chi connectivity index (χ4v) is 8.09. The first-order valence-corrected chi connectivity index (χ1v) is 26.9. The Morgan fingerprint density at radius 2 is 0.806 bits per heavy atom. The van der Waals surface area contributed by atoms with Gasteiger partial charge in [-0.1, -0.05) is 170 Å². The lowest BCUT2D eigenvalue weighted by atomic mass is 9.85. The highest BCUT2D eigenvalue weighted by atomic mass is 31.2. The van der Waals surface area contributed by atoms with Crippen molar-refractivity contribution in [1.29, 1.82) is 0 Å². The van der Waals surface area contributed by atoms with E-state index < -0.39 is 75.7 Å². The number of hydrogen-bond donors (Lipinski definition) is 6. The minimum Gasteiger partial charge on any atom is -0.462 e.